The van der Waals surface area contributed by atoms with Gasteiger partial charge in [0.25, 0.3) is 0 Å². The summed E-state index contributed by atoms with van der Waals surface area (Å²) in [5, 5.41) is 3.47. The minimum absolute atomic E-state index is 0.0833. The molecule has 21 heavy (non-hydrogen) atoms. The van der Waals surface area contributed by atoms with Crippen molar-refractivity contribution in [3.63, 3.8) is 0 Å². The average Bonchev–Trinajstić information content (AvgIpc) is 2.42. The molecule has 1 atom stereocenters. The van der Waals surface area contributed by atoms with Gasteiger partial charge in [0, 0.05) is 19.7 Å². The van der Waals surface area contributed by atoms with Crippen molar-refractivity contribution in [2.45, 2.75) is 58.8 Å². The Balaban J connectivity index is 2.64. The lowest BCUT2D eigenvalue weighted by atomic mass is 10.0. The first-order valence-electron chi connectivity index (χ1n) is 7.81. The Morgan fingerprint density at radius 3 is 2.52 bits per heavy atom. The molecule has 1 aromatic rings. The van der Waals surface area contributed by atoms with Crippen molar-refractivity contribution in [1.82, 2.24) is 5.32 Å². The topological polar surface area (TPSA) is 30.5 Å². The number of nitrogens with one attached hydrogen (secondary N) is 1. The van der Waals surface area contributed by atoms with E-state index in [9.17, 15) is 0 Å². The Morgan fingerprint density at radius 2 is 1.95 bits per heavy atom. The summed E-state index contributed by atoms with van der Waals surface area (Å²) in [6, 6.07) is 9.01. The van der Waals surface area contributed by atoms with Crippen LogP contribution in [0.25, 0.3) is 0 Å². The third kappa shape index (κ3) is 7.07. The molecular weight excluding hydrogens is 262 g/mol. The monoisotopic (exact) mass is 293 g/mol. The second-order valence-corrected chi connectivity index (χ2v) is 6.55. The number of benzene rings is 1. The van der Waals surface area contributed by atoms with E-state index in [4.69, 9.17) is 9.47 Å². The number of rotatable bonds is 9. The fourth-order valence-electron chi connectivity index (χ4n) is 2.04. The molecule has 0 saturated carbocycles. The number of aryl methyl sites for hydroxylation is 1. The highest BCUT2D eigenvalue weighted by Crippen LogP contribution is 2.20. The van der Waals surface area contributed by atoms with Gasteiger partial charge in [0.1, 0.15) is 0 Å². The Kier molecular flexibility index (Phi) is 7.36. The second kappa shape index (κ2) is 8.52. The molecule has 1 rings (SSSR count). The summed E-state index contributed by atoms with van der Waals surface area (Å²) < 4.78 is 11.6. The molecule has 1 N–H and O–H groups in total. The van der Waals surface area contributed by atoms with Crippen LogP contribution in [0.3, 0.4) is 0 Å². The van der Waals surface area contributed by atoms with E-state index in [1.165, 1.54) is 11.1 Å². The van der Waals surface area contributed by atoms with Gasteiger partial charge in [0.05, 0.1) is 18.3 Å². The van der Waals surface area contributed by atoms with Crippen molar-refractivity contribution in [3.8, 4) is 0 Å². The average molecular weight is 293 g/mol. The maximum absolute atomic E-state index is 6.13. The van der Waals surface area contributed by atoms with Gasteiger partial charge in [0.15, 0.2) is 0 Å². The summed E-state index contributed by atoms with van der Waals surface area (Å²) in [4.78, 5) is 0. The van der Waals surface area contributed by atoms with Gasteiger partial charge in [-0.15, -0.1) is 0 Å². The van der Waals surface area contributed by atoms with Crippen LogP contribution in [-0.4, -0.2) is 31.9 Å². The van der Waals surface area contributed by atoms with Crippen molar-refractivity contribution < 1.29 is 9.47 Å². The first kappa shape index (κ1) is 18.1. The molecule has 0 radical (unpaired) electrons. The van der Waals surface area contributed by atoms with Gasteiger partial charge in [0.2, 0.25) is 0 Å². The smallest absolute Gasteiger partial charge is 0.0949 e. The Labute approximate surface area is 130 Å². The zero-order valence-corrected chi connectivity index (χ0v) is 14.4. The van der Waals surface area contributed by atoms with E-state index < -0.39 is 0 Å². The van der Waals surface area contributed by atoms with E-state index in [0.29, 0.717) is 12.6 Å². The lowest BCUT2D eigenvalue weighted by Gasteiger charge is -2.25. The largest absolute Gasteiger partial charge is 0.379 e. The first-order valence-corrected chi connectivity index (χ1v) is 7.81. The lowest BCUT2D eigenvalue weighted by Crippen LogP contribution is -2.30. The zero-order chi connectivity index (χ0) is 15.9. The standard InChI is InChI=1S/C18H31NO2/c1-14(2)19-13-17(16-9-7-8-15(3)12-16)21-11-10-18(4,5)20-6/h7-9,12,14,17,19H,10-11,13H2,1-6H3. The van der Waals surface area contributed by atoms with Crippen molar-refractivity contribution in [1.29, 1.82) is 0 Å². The molecule has 0 bridgehead atoms. The second-order valence-electron chi connectivity index (χ2n) is 6.55. The van der Waals surface area contributed by atoms with Crippen LogP contribution in [0.4, 0.5) is 0 Å². The summed E-state index contributed by atoms with van der Waals surface area (Å²) in [5.41, 5.74) is 2.36. The fourth-order valence-corrected chi connectivity index (χ4v) is 2.04. The minimum atomic E-state index is -0.136. The molecule has 0 aromatic heterocycles. The highest BCUT2D eigenvalue weighted by molar-refractivity contribution is 5.24. The summed E-state index contributed by atoms with van der Waals surface area (Å²) in [6.07, 6.45) is 0.966. The molecule has 0 aliphatic heterocycles. The quantitative estimate of drug-likeness (QED) is 0.750. The van der Waals surface area contributed by atoms with Crippen molar-refractivity contribution in [2.24, 2.45) is 0 Å². The summed E-state index contributed by atoms with van der Waals surface area (Å²) in [5.74, 6) is 0. The summed E-state index contributed by atoms with van der Waals surface area (Å²) in [6.45, 7) is 12.1. The van der Waals surface area contributed by atoms with Crippen molar-refractivity contribution in [3.05, 3.63) is 35.4 Å². The molecule has 0 saturated heterocycles. The molecular formula is C18H31NO2. The SMILES string of the molecule is COC(C)(C)CCOC(CNC(C)C)c1cccc(C)c1. The molecule has 0 spiro atoms. The molecule has 3 nitrogen and oxygen atoms in total. The van der Waals surface area contributed by atoms with E-state index >= 15 is 0 Å². The Morgan fingerprint density at radius 1 is 1.24 bits per heavy atom. The van der Waals surface area contributed by atoms with Gasteiger partial charge < -0.3 is 14.8 Å². The fraction of sp³-hybridized carbons (Fsp3) is 0.667. The molecule has 0 aliphatic rings. The van der Waals surface area contributed by atoms with E-state index in [0.717, 1.165) is 13.0 Å². The Hall–Kier alpha value is -0.900. The van der Waals surface area contributed by atoms with E-state index in [-0.39, 0.29) is 11.7 Å². The van der Waals surface area contributed by atoms with Crippen LogP contribution < -0.4 is 5.32 Å². The number of methoxy groups -OCH3 is 1. The molecule has 120 valence electrons. The highest BCUT2D eigenvalue weighted by Gasteiger charge is 2.18. The van der Waals surface area contributed by atoms with Crippen LogP contribution in [0.2, 0.25) is 0 Å². The van der Waals surface area contributed by atoms with Crippen LogP contribution >= 0.6 is 0 Å². The number of hydrogen-bond acceptors (Lipinski definition) is 3. The number of hydrogen-bond donors (Lipinski definition) is 1. The normalized spacial score (nSPS) is 13.7. The van der Waals surface area contributed by atoms with Crippen molar-refractivity contribution in [2.75, 3.05) is 20.3 Å². The van der Waals surface area contributed by atoms with Crippen LogP contribution in [0.1, 0.15) is 51.3 Å². The van der Waals surface area contributed by atoms with E-state index in [2.05, 4.69) is 64.2 Å². The van der Waals surface area contributed by atoms with Gasteiger partial charge in [-0.25, -0.2) is 0 Å². The lowest BCUT2D eigenvalue weighted by molar-refractivity contribution is -0.0275. The molecule has 0 heterocycles. The summed E-state index contributed by atoms with van der Waals surface area (Å²) >= 11 is 0. The van der Waals surface area contributed by atoms with Gasteiger partial charge in [-0.05, 0) is 32.8 Å². The molecule has 0 amide bonds. The predicted molar refractivity (Wildman–Crippen MR) is 88.7 cm³/mol. The molecule has 0 fully saturated rings. The van der Waals surface area contributed by atoms with Gasteiger partial charge in [-0.1, -0.05) is 43.7 Å². The highest BCUT2D eigenvalue weighted by atomic mass is 16.5. The molecule has 3 heteroatoms. The zero-order valence-electron chi connectivity index (χ0n) is 14.4. The Bertz CT molecular complexity index is 415. The number of ether oxygens (including phenoxy) is 2. The van der Waals surface area contributed by atoms with Crippen LogP contribution in [-0.2, 0) is 9.47 Å². The minimum Gasteiger partial charge on any atom is -0.379 e. The maximum Gasteiger partial charge on any atom is 0.0949 e. The van der Waals surface area contributed by atoms with Crippen molar-refractivity contribution >= 4 is 0 Å². The third-order valence-corrected chi connectivity index (χ3v) is 3.70. The van der Waals surface area contributed by atoms with Gasteiger partial charge in [-0.3, -0.25) is 0 Å². The molecule has 1 unspecified atom stereocenters. The first-order chi connectivity index (χ1) is 9.84. The molecule has 0 aliphatic carbocycles. The van der Waals surface area contributed by atoms with Crippen LogP contribution in [0.15, 0.2) is 24.3 Å². The summed E-state index contributed by atoms with van der Waals surface area (Å²) in [7, 11) is 1.75. The maximum atomic E-state index is 6.13. The van der Waals surface area contributed by atoms with Crippen LogP contribution in [0.5, 0.6) is 0 Å². The van der Waals surface area contributed by atoms with Gasteiger partial charge in [-0.2, -0.15) is 0 Å². The van der Waals surface area contributed by atoms with Gasteiger partial charge >= 0.3 is 0 Å². The van der Waals surface area contributed by atoms with E-state index in [1.54, 1.807) is 7.11 Å². The molecule has 1 aromatic carbocycles. The van der Waals surface area contributed by atoms with Crippen LogP contribution in [0, 0.1) is 6.92 Å². The third-order valence-electron chi connectivity index (χ3n) is 3.70. The predicted octanol–water partition coefficient (Wildman–Crippen LogP) is 3.87. The van der Waals surface area contributed by atoms with E-state index in [1.807, 2.05) is 0 Å².